The van der Waals surface area contributed by atoms with Crippen molar-refractivity contribution in [2.24, 2.45) is 5.73 Å². The summed E-state index contributed by atoms with van der Waals surface area (Å²) in [5, 5.41) is 132. The van der Waals surface area contributed by atoms with Gasteiger partial charge in [-0.25, -0.2) is 11.6 Å². The van der Waals surface area contributed by atoms with Crippen LogP contribution in [0.25, 0.3) is 0 Å². The van der Waals surface area contributed by atoms with Crippen molar-refractivity contribution in [1.29, 1.82) is 0 Å². The van der Waals surface area contributed by atoms with Crippen LogP contribution in [0.2, 0.25) is 0 Å². The van der Waals surface area contributed by atoms with E-state index in [4.69, 9.17) is 63.0 Å². The fourth-order valence-corrected chi connectivity index (χ4v) is 7.34. The third-order valence-electron chi connectivity index (χ3n) is 10.3. The normalized spacial score (nSPS) is 42.9. The molecule has 59 heavy (non-hydrogen) atoms. The molecule has 0 aromatic heterocycles. The van der Waals surface area contributed by atoms with Gasteiger partial charge in [-0.3, -0.25) is 0 Å². The van der Waals surface area contributed by atoms with Gasteiger partial charge in [-0.2, -0.15) is 0 Å². The molecule has 4 heterocycles. The van der Waals surface area contributed by atoms with Crippen molar-refractivity contribution in [3.63, 3.8) is 0 Å². The maximum Gasteiger partial charge on any atom is 0.229 e. The Labute approximate surface area is 348 Å². The molecule has 4 aliphatic heterocycles. The molecule has 1 aromatic rings. The fourth-order valence-electron chi connectivity index (χ4n) is 6.83. The molecule has 0 amide bonds. The highest BCUT2D eigenvalue weighted by atomic mass is 32.2. The van der Waals surface area contributed by atoms with E-state index < -0.39 is 156 Å². The Balaban J connectivity index is 1.42. The van der Waals surface area contributed by atoms with Gasteiger partial charge in [-0.05, 0) is 36.5 Å². The van der Waals surface area contributed by atoms with E-state index in [0.717, 1.165) is 11.6 Å². The molecular weight excluding hydrogens is 833 g/mol. The topological polar surface area (TPSA) is 367 Å². The molecular formula is C33H52BN3O20S2. The number of anilines is 1. The summed E-state index contributed by atoms with van der Waals surface area (Å²) < 4.78 is 46.7. The standard InChI is InChI=1S/C33H52BN3O20S2/c34-59-11-36-32(58)37-12-1-3-13(4-2-12)51-30-22(45)14(5-33(9-41,57-30)10-50-29-26(49)24(47)20(43)16(7-39)54-29)52-31-27(25(48)21(44)17(8-40)55-31)56-28-18(35)23(46)19(42)15(6-38)53-28/h1-4,14-31,38-49H,5-11,35H2,(H2,36,37,58). The number of nitrogens with one attached hydrogen (secondary N) is 2. The first-order valence-corrected chi connectivity index (χ1v) is 19.9. The van der Waals surface area contributed by atoms with Crippen LogP contribution >= 0.6 is 23.8 Å². The van der Waals surface area contributed by atoms with E-state index in [2.05, 4.69) is 10.6 Å². The quantitative estimate of drug-likeness (QED) is 0.0416. The summed E-state index contributed by atoms with van der Waals surface area (Å²) in [6.07, 6.45) is -28.9. The largest absolute Gasteiger partial charge is 0.462 e. The van der Waals surface area contributed by atoms with Crippen LogP contribution in [-0.2, 0) is 33.2 Å². The summed E-state index contributed by atoms with van der Waals surface area (Å²) in [5.41, 5.74) is 4.69. The Morgan fingerprint density at radius 3 is 1.92 bits per heavy atom. The highest BCUT2D eigenvalue weighted by Crippen LogP contribution is 2.37. The molecule has 19 atom stereocenters. The SMILES string of the molecule is [B]SCNC(=S)Nc1ccc(OC2OC(CO)(COC3OC(CO)C(O)C(O)C3O)CC(OC3OC(CO)C(O)C(O)C3OC3OC(CO)C(O)C(O)C3N)C2O)cc1. The molecule has 26 heteroatoms. The van der Waals surface area contributed by atoms with Gasteiger partial charge >= 0.3 is 0 Å². The van der Waals surface area contributed by atoms with Crippen molar-refractivity contribution in [2.75, 3.05) is 44.2 Å². The minimum atomic E-state index is -1.91. The molecule has 16 N–H and O–H groups in total. The molecule has 334 valence electrons. The number of aliphatic hydroxyl groups is 12. The first kappa shape index (κ1) is 48.4. The van der Waals surface area contributed by atoms with Crippen LogP contribution in [0.1, 0.15) is 6.42 Å². The Hall–Kier alpha value is -1.68. The molecule has 2 radical (unpaired) electrons. The highest BCUT2D eigenvalue weighted by molar-refractivity contribution is 8.19. The summed E-state index contributed by atoms with van der Waals surface area (Å²) in [6, 6.07) is 4.67. The van der Waals surface area contributed by atoms with Crippen molar-refractivity contribution in [2.45, 2.75) is 123 Å². The van der Waals surface area contributed by atoms with Crippen LogP contribution < -0.4 is 21.1 Å². The lowest BCUT2D eigenvalue weighted by molar-refractivity contribution is -0.379. The summed E-state index contributed by atoms with van der Waals surface area (Å²) in [4.78, 5) is 0. The molecule has 0 aliphatic carbocycles. The maximum atomic E-state index is 11.7. The monoisotopic (exact) mass is 885 g/mol. The molecule has 0 bridgehead atoms. The maximum absolute atomic E-state index is 11.7. The van der Waals surface area contributed by atoms with Gasteiger partial charge in [-0.15, -0.1) is 0 Å². The van der Waals surface area contributed by atoms with E-state index in [0.29, 0.717) is 11.6 Å². The zero-order valence-electron chi connectivity index (χ0n) is 31.3. The van der Waals surface area contributed by atoms with Crippen molar-refractivity contribution in [3.05, 3.63) is 24.3 Å². The van der Waals surface area contributed by atoms with E-state index in [9.17, 15) is 61.3 Å². The van der Waals surface area contributed by atoms with Crippen molar-refractivity contribution in [3.8, 4) is 5.75 Å². The summed E-state index contributed by atoms with van der Waals surface area (Å²) in [7, 11) is 5.42. The second-order valence-corrected chi connectivity index (χ2v) is 15.4. The average molecular weight is 886 g/mol. The number of ether oxygens (including phenoxy) is 8. The predicted molar refractivity (Wildman–Crippen MR) is 203 cm³/mol. The molecule has 0 saturated carbocycles. The van der Waals surface area contributed by atoms with Gasteiger partial charge in [0.1, 0.15) is 84.6 Å². The lowest BCUT2D eigenvalue weighted by Crippen LogP contribution is -2.67. The van der Waals surface area contributed by atoms with Crippen LogP contribution in [0.5, 0.6) is 5.75 Å². The number of hydrogen-bond acceptors (Lipinski definition) is 23. The number of hydrogen-bond donors (Lipinski definition) is 15. The van der Waals surface area contributed by atoms with Gasteiger partial charge in [-0.1, -0.05) is 0 Å². The average Bonchev–Trinajstić information content (AvgIpc) is 3.23. The molecule has 4 fully saturated rings. The molecule has 0 spiro atoms. The summed E-state index contributed by atoms with van der Waals surface area (Å²) >= 11 is 6.25. The van der Waals surface area contributed by atoms with Crippen LogP contribution in [0.15, 0.2) is 24.3 Å². The summed E-state index contributed by atoms with van der Waals surface area (Å²) in [6.45, 7) is -3.93. The van der Waals surface area contributed by atoms with Crippen LogP contribution in [-0.4, -0.2) is 229 Å². The van der Waals surface area contributed by atoms with Crippen LogP contribution in [0.3, 0.4) is 0 Å². The number of rotatable bonds is 16. The predicted octanol–water partition coefficient (Wildman–Crippen LogP) is -7.24. The number of aliphatic hydroxyl groups excluding tert-OH is 12. The number of nitrogens with two attached hydrogens (primary N) is 1. The lowest BCUT2D eigenvalue weighted by Gasteiger charge is -2.49. The lowest BCUT2D eigenvalue weighted by atomic mass is 9.90. The minimum Gasteiger partial charge on any atom is -0.462 e. The van der Waals surface area contributed by atoms with E-state index >= 15 is 0 Å². The van der Waals surface area contributed by atoms with Crippen LogP contribution in [0, 0.1) is 0 Å². The van der Waals surface area contributed by atoms with Gasteiger partial charge in [0.15, 0.2) is 31.1 Å². The Bertz CT molecular complexity index is 1470. The Morgan fingerprint density at radius 1 is 0.746 bits per heavy atom. The first-order valence-electron chi connectivity index (χ1n) is 18.4. The number of benzene rings is 1. The smallest absolute Gasteiger partial charge is 0.229 e. The van der Waals surface area contributed by atoms with Gasteiger partial charge in [0.05, 0.1) is 51.1 Å². The molecule has 23 nitrogen and oxygen atoms in total. The third-order valence-corrected chi connectivity index (χ3v) is 10.8. The minimum absolute atomic E-state index is 0.120. The van der Waals surface area contributed by atoms with Gasteiger partial charge in [0.2, 0.25) is 6.29 Å². The third kappa shape index (κ3) is 11.3. The second-order valence-electron chi connectivity index (χ2n) is 14.4. The fraction of sp³-hybridized carbons (Fsp3) is 0.788. The molecule has 4 aliphatic rings. The highest BCUT2D eigenvalue weighted by Gasteiger charge is 2.55. The van der Waals surface area contributed by atoms with Crippen molar-refractivity contribution in [1.82, 2.24) is 5.32 Å². The van der Waals surface area contributed by atoms with E-state index in [1.807, 2.05) is 0 Å². The van der Waals surface area contributed by atoms with Crippen molar-refractivity contribution >= 4 is 41.8 Å². The molecule has 19 unspecified atom stereocenters. The van der Waals surface area contributed by atoms with E-state index in [1.54, 1.807) is 12.1 Å². The van der Waals surface area contributed by atoms with Gasteiger partial charge in [0, 0.05) is 12.1 Å². The first-order chi connectivity index (χ1) is 28.1. The summed E-state index contributed by atoms with van der Waals surface area (Å²) in [5.74, 6) is 0.466. The molecule has 4 saturated heterocycles. The molecule has 5 rings (SSSR count). The van der Waals surface area contributed by atoms with E-state index in [-0.39, 0.29) is 10.9 Å². The molecule has 1 aromatic carbocycles. The Kier molecular flexibility index (Phi) is 17.7. The zero-order valence-corrected chi connectivity index (χ0v) is 32.9. The van der Waals surface area contributed by atoms with Crippen LogP contribution in [0.4, 0.5) is 5.69 Å². The second kappa shape index (κ2) is 21.6. The van der Waals surface area contributed by atoms with Crippen molar-refractivity contribution < 1.29 is 99.2 Å². The number of thiocarbonyl (C=S) groups is 1. The van der Waals surface area contributed by atoms with Gasteiger partial charge < -0.3 is 116 Å². The van der Waals surface area contributed by atoms with Gasteiger partial charge in [0.25, 0.3) is 0 Å². The Morgan fingerprint density at radius 2 is 1.32 bits per heavy atom. The van der Waals surface area contributed by atoms with E-state index in [1.165, 1.54) is 12.1 Å². The zero-order chi connectivity index (χ0) is 43.2.